The number of amides is 2. The zero-order valence-corrected chi connectivity index (χ0v) is 13.9. The monoisotopic (exact) mass is 318 g/mol. The molecule has 2 amide bonds. The van der Waals surface area contributed by atoms with Gasteiger partial charge in [0, 0.05) is 30.8 Å². The van der Waals surface area contributed by atoms with Gasteiger partial charge < -0.3 is 15.3 Å². The summed E-state index contributed by atoms with van der Waals surface area (Å²) in [7, 11) is 0. The second-order valence-electron chi connectivity index (χ2n) is 6.05. The Hall–Kier alpha value is -1.88. The van der Waals surface area contributed by atoms with E-state index in [1.165, 1.54) is 0 Å². The molecule has 126 valence electrons. The van der Waals surface area contributed by atoms with Crippen molar-refractivity contribution < 1.29 is 14.7 Å². The molecule has 0 aromatic heterocycles. The van der Waals surface area contributed by atoms with Gasteiger partial charge in [-0.15, -0.1) is 0 Å². The van der Waals surface area contributed by atoms with E-state index in [9.17, 15) is 14.7 Å². The zero-order valence-electron chi connectivity index (χ0n) is 13.9. The summed E-state index contributed by atoms with van der Waals surface area (Å²) in [5.41, 5.74) is 1.28. The van der Waals surface area contributed by atoms with Gasteiger partial charge in [0.05, 0.1) is 6.10 Å². The van der Waals surface area contributed by atoms with Crippen molar-refractivity contribution in [3.63, 3.8) is 0 Å². The molecule has 1 heterocycles. The lowest BCUT2D eigenvalue weighted by atomic mass is 9.96. The van der Waals surface area contributed by atoms with E-state index in [1.54, 1.807) is 23.1 Å². The lowest BCUT2D eigenvalue weighted by Crippen LogP contribution is -2.36. The number of anilines is 1. The fourth-order valence-corrected chi connectivity index (χ4v) is 3.04. The summed E-state index contributed by atoms with van der Waals surface area (Å²) in [6.07, 6.45) is 2.67. The van der Waals surface area contributed by atoms with Gasteiger partial charge in [0.15, 0.2) is 0 Å². The van der Waals surface area contributed by atoms with Crippen LogP contribution in [0, 0.1) is 5.92 Å². The van der Waals surface area contributed by atoms with Crippen LogP contribution in [0.25, 0.3) is 0 Å². The Morgan fingerprint density at radius 1 is 1.35 bits per heavy atom. The Labute approximate surface area is 137 Å². The first-order valence-corrected chi connectivity index (χ1v) is 8.43. The molecule has 1 aromatic rings. The van der Waals surface area contributed by atoms with Gasteiger partial charge in [-0.05, 0) is 30.5 Å². The summed E-state index contributed by atoms with van der Waals surface area (Å²) in [6.45, 7) is 5.03. The van der Waals surface area contributed by atoms with Crippen LogP contribution in [-0.4, -0.2) is 36.1 Å². The van der Waals surface area contributed by atoms with Crippen LogP contribution in [0.4, 0.5) is 5.69 Å². The van der Waals surface area contributed by atoms with Gasteiger partial charge >= 0.3 is 0 Å². The van der Waals surface area contributed by atoms with Crippen LogP contribution in [0.3, 0.4) is 0 Å². The Morgan fingerprint density at radius 2 is 2.09 bits per heavy atom. The number of nitrogens with one attached hydrogen (secondary N) is 1. The zero-order chi connectivity index (χ0) is 16.8. The Morgan fingerprint density at radius 3 is 2.70 bits per heavy atom. The molecular weight excluding hydrogens is 292 g/mol. The molecule has 0 bridgehead atoms. The van der Waals surface area contributed by atoms with Crippen LogP contribution in [0.1, 0.15) is 49.9 Å². The van der Waals surface area contributed by atoms with Gasteiger partial charge in [0.25, 0.3) is 5.91 Å². The van der Waals surface area contributed by atoms with Gasteiger partial charge in [-0.3, -0.25) is 9.59 Å². The van der Waals surface area contributed by atoms with Gasteiger partial charge in [-0.1, -0.05) is 32.8 Å². The van der Waals surface area contributed by atoms with E-state index in [-0.39, 0.29) is 24.3 Å². The first kappa shape index (κ1) is 17.5. The molecule has 0 saturated carbocycles. The van der Waals surface area contributed by atoms with Crippen molar-refractivity contribution in [2.45, 2.75) is 45.6 Å². The number of aliphatic hydroxyl groups excluding tert-OH is 1. The first-order valence-electron chi connectivity index (χ1n) is 8.43. The minimum atomic E-state index is -0.530. The van der Waals surface area contributed by atoms with Gasteiger partial charge in [0.2, 0.25) is 5.91 Å². The molecule has 5 heteroatoms. The van der Waals surface area contributed by atoms with Crippen LogP contribution in [0.15, 0.2) is 24.3 Å². The fourth-order valence-electron chi connectivity index (χ4n) is 3.04. The van der Waals surface area contributed by atoms with Crippen LogP contribution in [0.5, 0.6) is 0 Å². The van der Waals surface area contributed by atoms with E-state index in [2.05, 4.69) is 5.32 Å². The average Bonchev–Trinajstić information content (AvgIpc) is 3.00. The maximum absolute atomic E-state index is 12.3. The first-order chi connectivity index (χ1) is 11.1. The summed E-state index contributed by atoms with van der Waals surface area (Å²) in [5.74, 6) is 0.0825. The van der Waals surface area contributed by atoms with Crippen molar-refractivity contribution in [3.8, 4) is 0 Å². The molecular formula is C18H26N2O3. The van der Waals surface area contributed by atoms with E-state index < -0.39 is 6.10 Å². The number of benzene rings is 1. The number of rotatable bonds is 7. The smallest absolute Gasteiger partial charge is 0.251 e. The summed E-state index contributed by atoms with van der Waals surface area (Å²) >= 11 is 0. The molecule has 0 spiro atoms. The largest absolute Gasteiger partial charge is 0.391 e. The fraction of sp³-hybridized carbons (Fsp3) is 0.556. The van der Waals surface area contributed by atoms with E-state index >= 15 is 0 Å². The topological polar surface area (TPSA) is 69.6 Å². The highest BCUT2D eigenvalue weighted by Gasteiger charge is 2.22. The van der Waals surface area contributed by atoms with Crippen molar-refractivity contribution in [2.24, 2.45) is 5.92 Å². The van der Waals surface area contributed by atoms with Crippen molar-refractivity contribution in [1.82, 2.24) is 5.32 Å². The van der Waals surface area contributed by atoms with E-state index in [4.69, 9.17) is 0 Å². The molecule has 0 radical (unpaired) electrons. The third-order valence-corrected chi connectivity index (χ3v) is 4.56. The number of carbonyl (C=O) groups excluding carboxylic acids is 2. The number of hydrogen-bond acceptors (Lipinski definition) is 3. The molecule has 2 N–H and O–H groups in total. The maximum atomic E-state index is 12.3. The molecule has 5 nitrogen and oxygen atoms in total. The van der Waals surface area contributed by atoms with E-state index in [0.29, 0.717) is 18.5 Å². The molecule has 23 heavy (non-hydrogen) atoms. The molecule has 2 rings (SSSR count). The Balaban J connectivity index is 1.98. The highest BCUT2D eigenvalue weighted by molar-refractivity contribution is 5.99. The number of aliphatic hydroxyl groups is 1. The quantitative estimate of drug-likeness (QED) is 0.811. The molecule has 1 fully saturated rings. The molecule has 1 unspecified atom stereocenters. The highest BCUT2D eigenvalue weighted by atomic mass is 16.3. The summed E-state index contributed by atoms with van der Waals surface area (Å²) in [4.78, 5) is 25.8. The predicted molar refractivity (Wildman–Crippen MR) is 90.4 cm³/mol. The number of nitrogens with zero attached hydrogens (tertiary/aromatic N) is 1. The van der Waals surface area contributed by atoms with E-state index in [1.807, 2.05) is 19.9 Å². The summed E-state index contributed by atoms with van der Waals surface area (Å²) in [6, 6.07) is 7.09. The van der Waals surface area contributed by atoms with Gasteiger partial charge in [-0.25, -0.2) is 0 Å². The second-order valence-corrected chi connectivity index (χ2v) is 6.05. The maximum Gasteiger partial charge on any atom is 0.251 e. The molecule has 0 aliphatic carbocycles. The molecule has 1 atom stereocenters. The van der Waals surface area contributed by atoms with Crippen molar-refractivity contribution >= 4 is 17.5 Å². The predicted octanol–water partition coefficient (Wildman–Crippen LogP) is 2.34. The van der Waals surface area contributed by atoms with Crippen LogP contribution in [-0.2, 0) is 4.79 Å². The van der Waals surface area contributed by atoms with Gasteiger partial charge in [-0.2, -0.15) is 0 Å². The van der Waals surface area contributed by atoms with Crippen molar-refractivity contribution in [2.75, 3.05) is 18.0 Å². The Bertz CT molecular complexity index is 555. The van der Waals surface area contributed by atoms with Gasteiger partial charge in [0.1, 0.15) is 0 Å². The van der Waals surface area contributed by atoms with Crippen LogP contribution < -0.4 is 10.2 Å². The molecule has 1 aliphatic rings. The minimum Gasteiger partial charge on any atom is -0.391 e. The summed E-state index contributed by atoms with van der Waals surface area (Å²) < 4.78 is 0. The highest BCUT2D eigenvalue weighted by Crippen LogP contribution is 2.22. The lowest BCUT2D eigenvalue weighted by molar-refractivity contribution is -0.117. The SMILES string of the molecule is CCC(CC)C(O)CNC(=O)c1cccc(N2CCCC2=O)c1. The standard InChI is InChI=1S/C18H26N2O3/c1-3-13(4-2)16(21)12-19-18(23)14-7-5-8-15(11-14)20-10-6-9-17(20)22/h5,7-8,11,13,16,21H,3-4,6,9-10,12H2,1-2H3,(H,19,23). The minimum absolute atomic E-state index is 0.103. The van der Waals surface area contributed by atoms with E-state index in [0.717, 1.165) is 24.9 Å². The number of carbonyl (C=O) groups is 2. The summed E-state index contributed by atoms with van der Waals surface area (Å²) in [5, 5.41) is 12.9. The molecule has 1 saturated heterocycles. The molecule has 1 aliphatic heterocycles. The van der Waals surface area contributed by atoms with Crippen molar-refractivity contribution in [3.05, 3.63) is 29.8 Å². The average molecular weight is 318 g/mol. The molecule has 1 aromatic carbocycles. The normalized spacial score (nSPS) is 16.0. The lowest BCUT2D eigenvalue weighted by Gasteiger charge is -2.20. The van der Waals surface area contributed by atoms with Crippen LogP contribution >= 0.6 is 0 Å². The third-order valence-electron chi connectivity index (χ3n) is 4.56. The van der Waals surface area contributed by atoms with Crippen molar-refractivity contribution in [1.29, 1.82) is 0 Å². The number of hydrogen-bond donors (Lipinski definition) is 2. The van der Waals surface area contributed by atoms with Crippen LogP contribution in [0.2, 0.25) is 0 Å². The second kappa shape index (κ2) is 8.11. The Kier molecular flexibility index (Phi) is 6.16. The third kappa shape index (κ3) is 4.32.